The van der Waals surface area contributed by atoms with Crippen molar-refractivity contribution in [3.05, 3.63) is 33.5 Å². The summed E-state index contributed by atoms with van der Waals surface area (Å²) in [7, 11) is 1.55. The zero-order chi connectivity index (χ0) is 11.8. The van der Waals surface area contributed by atoms with Crippen molar-refractivity contribution in [3.63, 3.8) is 0 Å². The Morgan fingerprint density at radius 1 is 1.50 bits per heavy atom. The van der Waals surface area contributed by atoms with Crippen LogP contribution in [0.4, 0.5) is 4.39 Å². The summed E-state index contributed by atoms with van der Waals surface area (Å²) in [6, 6.07) is 3.50. The molecule has 0 amide bonds. The van der Waals surface area contributed by atoms with E-state index in [-0.39, 0.29) is 18.0 Å². The molecule has 1 aliphatic rings. The van der Waals surface area contributed by atoms with E-state index in [1.165, 1.54) is 0 Å². The predicted molar refractivity (Wildman–Crippen MR) is 64.7 cm³/mol. The largest absolute Gasteiger partial charge is 0.380 e. The van der Waals surface area contributed by atoms with E-state index < -0.39 is 0 Å². The summed E-state index contributed by atoms with van der Waals surface area (Å²) in [6.45, 7) is 0.278. The first-order valence-corrected chi connectivity index (χ1v) is 6.08. The Kier molecular flexibility index (Phi) is 3.33. The highest BCUT2D eigenvalue weighted by Crippen LogP contribution is 2.36. The molecule has 1 saturated carbocycles. The first kappa shape index (κ1) is 12.0. The van der Waals surface area contributed by atoms with Crippen LogP contribution in [0.3, 0.4) is 0 Å². The fraction of sp³-hybridized carbons (Fsp3) is 0.500. The molecule has 1 aliphatic carbocycles. The number of nitrogens with two attached hydrogens (primary N) is 1. The molecule has 1 aromatic carbocycles. The van der Waals surface area contributed by atoms with Crippen molar-refractivity contribution in [2.45, 2.75) is 31.4 Å². The Morgan fingerprint density at radius 3 is 2.69 bits per heavy atom. The smallest absolute Gasteiger partial charge is 0.130 e. The number of benzene rings is 1. The third kappa shape index (κ3) is 2.62. The molecule has 0 atom stereocenters. The lowest BCUT2D eigenvalue weighted by Gasteiger charge is -2.12. The number of methoxy groups -OCH3 is 1. The van der Waals surface area contributed by atoms with Gasteiger partial charge in [-0.05, 0) is 37.0 Å². The minimum absolute atomic E-state index is 0.0886. The zero-order valence-electron chi connectivity index (χ0n) is 9.22. The maximum Gasteiger partial charge on any atom is 0.130 e. The normalized spacial score (nSPS) is 17.5. The van der Waals surface area contributed by atoms with Crippen LogP contribution in [-0.2, 0) is 17.8 Å². The van der Waals surface area contributed by atoms with Crippen LogP contribution in [0.15, 0.2) is 16.6 Å². The molecule has 0 saturated heterocycles. The van der Waals surface area contributed by atoms with Gasteiger partial charge in [-0.15, -0.1) is 0 Å². The summed E-state index contributed by atoms with van der Waals surface area (Å²) in [4.78, 5) is 0. The Hall–Kier alpha value is -0.450. The molecular formula is C12H15BrFNO. The van der Waals surface area contributed by atoms with Crippen molar-refractivity contribution in [1.82, 2.24) is 0 Å². The molecule has 4 heteroatoms. The Morgan fingerprint density at radius 2 is 2.19 bits per heavy atom. The lowest BCUT2D eigenvalue weighted by molar-refractivity contribution is 0.181. The van der Waals surface area contributed by atoms with E-state index in [0.29, 0.717) is 5.56 Å². The van der Waals surface area contributed by atoms with Crippen LogP contribution in [0.25, 0.3) is 0 Å². The number of hydrogen-bond acceptors (Lipinski definition) is 2. The molecule has 0 unspecified atom stereocenters. The van der Waals surface area contributed by atoms with Crippen LogP contribution in [0.1, 0.15) is 24.0 Å². The predicted octanol–water partition coefficient (Wildman–Crippen LogP) is 2.77. The molecule has 16 heavy (non-hydrogen) atoms. The molecule has 2 nitrogen and oxygen atoms in total. The van der Waals surface area contributed by atoms with Gasteiger partial charge in [0.1, 0.15) is 5.82 Å². The lowest BCUT2D eigenvalue weighted by Crippen LogP contribution is -2.24. The number of ether oxygens (including phenoxy) is 1. The van der Waals surface area contributed by atoms with Crippen molar-refractivity contribution >= 4 is 15.9 Å². The van der Waals surface area contributed by atoms with Gasteiger partial charge in [0.15, 0.2) is 0 Å². The summed E-state index contributed by atoms with van der Waals surface area (Å²) in [5.74, 6) is -0.226. The van der Waals surface area contributed by atoms with Gasteiger partial charge >= 0.3 is 0 Å². The highest BCUT2D eigenvalue weighted by molar-refractivity contribution is 9.10. The maximum atomic E-state index is 13.7. The molecule has 2 N–H and O–H groups in total. The molecule has 0 aromatic heterocycles. The summed E-state index contributed by atoms with van der Waals surface area (Å²) in [5, 5.41) is 0. The third-order valence-electron chi connectivity index (χ3n) is 2.94. The van der Waals surface area contributed by atoms with Crippen molar-refractivity contribution in [1.29, 1.82) is 0 Å². The van der Waals surface area contributed by atoms with Crippen LogP contribution in [0.5, 0.6) is 0 Å². The SMILES string of the molecule is COCc1c(F)cc(CC2(N)CC2)cc1Br. The molecule has 1 aromatic rings. The fourth-order valence-electron chi connectivity index (χ4n) is 1.78. The topological polar surface area (TPSA) is 35.2 Å². The van der Waals surface area contributed by atoms with Crippen LogP contribution < -0.4 is 5.73 Å². The Labute approximate surface area is 103 Å². The summed E-state index contributed by atoms with van der Waals surface area (Å²) in [5.41, 5.74) is 7.44. The summed E-state index contributed by atoms with van der Waals surface area (Å²) < 4.78 is 19.4. The first-order chi connectivity index (χ1) is 7.54. The number of rotatable bonds is 4. The van der Waals surface area contributed by atoms with E-state index in [1.807, 2.05) is 6.07 Å². The van der Waals surface area contributed by atoms with Gasteiger partial charge in [0.05, 0.1) is 6.61 Å². The van der Waals surface area contributed by atoms with Crippen LogP contribution >= 0.6 is 15.9 Å². The van der Waals surface area contributed by atoms with Gasteiger partial charge in [0.25, 0.3) is 0 Å². The van der Waals surface area contributed by atoms with Gasteiger partial charge < -0.3 is 10.5 Å². The van der Waals surface area contributed by atoms with E-state index in [9.17, 15) is 4.39 Å². The highest BCUT2D eigenvalue weighted by Gasteiger charge is 2.38. The van der Waals surface area contributed by atoms with E-state index >= 15 is 0 Å². The van der Waals surface area contributed by atoms with Gasteiger partial charge in [-0.1, -0.05) is 15.9 Å². The van der Waals surface area contributed by atoms with Gasteiger partial charge in [-0.3, -0.25) is 0 Å². The van der Waals surface area contributed by atoms with E-state index in [4.69, 9.17) is 10.5 Å². The maximum absolute atomic E-state index is 13.7. The second-order valence-corrected chi connectivity index (χ2v) is 5.36. The summed E-state index contributed by atoms with van der Waals surface area (Å²) >= 11 is 3.37. The average Bonchev–Trinajstić information content (AvgIpc) is 2.90. The van der Waals surface area contributed by atoms with Crippen molar-refractivity contribution < 1.29 is 9.13 Å². The Balaban J connectivity index is 2.22. The quantitative estimate of drug-likeness (QED) is 0.924. The van der Waals surface area contributed by atoms with Gasteiger partial charge in [-0.2, -0.15) is 0 Å². The van der Waals surface area contributed by atoms with Crippen LogP contribution in [-0.4, -0.2) is 12.6 Å². The molecule has 0 aliphatic heterocycles. The highest BCUT2D eigenvalue weighted by atomic mass is 79.9. The van der Waals surface area contributed by atoms with Crippen molar-refractivity contribution in [2.75, 3.05) is 7.11 Å². The molecule has 1 fully saturated rings. The summed E-state index contributed by atoms with van der Waals surface area (Å²) in [6.07, 6.45) is 2.81. The molecule has 0 spiro atoms. The molecule has 0 bridgehead atoms. The minimum Gasteiger partial charge on any atom is -0.380 e. The molecule has 0 radical (unpaired) electrons. The number of halogens is 2. The van der Waals surface area contributed by atoms with Crippen LogP contribution in [0.2, 0.25) is 0 Å². The second-order valence-electron chi connectivity index (χ2n) is 4.51. The fourth-order valence-corrected chi connectivity index (χ4v) is 2.38. The third-order valence-corrected chi connectivity index (χ3v) is 3.65. The van der Waals surface area contributed by atoms with E-state index in [1.54, 1.807) is 13.2 Å². The molecular weight excluding hydrogens is 273 g/mol. The second kappa shape index (κ2) is 4.43. The number of hydrogen-bond donors (Lipinski definition) is 1. The minimum atomic E-state index is -0.226. The standard InChI is InChI=1S/C12H15BrFNO/c1-16-7-9-10(13)4-8(5-11(9)14)6-12(15)2-3-12/h4-5H,2-3,6-7,15H2,1H3. The van der Waals surface area contributed by atoms with Gasteiger partial charge in [0.2, 0.25) is 0 Å². The molecule has 88 valence electrons. The Bertz CT molecular complexity index is 381. The monoisotopic (exact) mass is 287 g/mol. The van der Waals surface area contributed by atoms with Crippen molar-refractivity contribution in [2.24, 2.45) is 5.73 Å². The first-order valence-electron chi connectivity index (χ1n) is 5.29. The van der Waals surface area contributed by atoms with Crippen LogP contribution in [0, 0.1) is 5.82 Å². The lowest BCUT2D eigenvalue weighted by atomic mass is 10.0. The van der Waals surface area contributed by atoms with Gasteiger partial charge in [-0.25, -0.2) is 4.39 Å². The molecule has 2 rings (SSSR count). The zero-order valence-corrected chi connectivity index (χ0v) is 10.8. The van der Waals surface area contributed by atoms with Gasteiger partial charge in [0, 0.05) is 22.7 Å². The molecule has 0 heterocycles. The van der Waals surface area contributed by atoms with E-state index in [2.05, 4.69) is 15.9 Å². The average molecular weight is 288 g/mol. The van der Waals surface area contributed by atoms with E-state index in [0.717, 1.165) is 29.3 Å². The van der Waals surface area contributed by atoms with Crippen molar-refractivity contribution in [3.8, 4) is 0 Å².